The Labute approximate surface area is 181 Å². The number of hydrogen-bond acceptors (Lipinski definition) is 8. The van der Waals surface area contributed by atoms with Crippen LogP contribution in [0.4, 0.5) is 5.82 Å². The predicted molar refractivity (Wildman–Crippen MR) is 118 cm³/mol. The van der Waals surface area contributed by atoms with Gasteiger partial charge in [0.25, 0.3) is 5.56 Å². The van der Waals surface area contributed by atoms with E-state index >= 15 is 0 Å². The van der Waals surface area contributed by atoms with Gasteiger partial charge in [-0.15, -0.1) is 11.3 Å². The van der Waals surface area contributed by atoms with Crippen LogP contribution in [0.25, 0.3) is 10.6 Å². The number of carbonyl (C=O) groups is 2. The summed E-state index contributed by atoms with van der Waals surface area (Å²) < 4.78 is 6.88. The number of Topliss-reactive ketones (excluding diaryl/α,β-unsaturated/α-hetero) is 1. The van der Waals surface area contributed by atoms with Gasteiger partial charge in [-0.1, -0.05) is 31.2 Å². The highest BCUT2D eigenvalue weighted by molar-refractivity contribution is 7.17. The first-order chi connectivity index (χ1) is 14.6. The topological polar surface area (TPSA) is 126 Å². The van der Waals surface area contributed by atoms with E-state index in [-0.39, 0.29) is 10.7 Å². The molecule has 0 bridgehead atoms. The number of benzene rings is 1. The zero-order valence-corrected chi connectivity index (χ0v) is 18.4. The van der Waals surface area contributed by atoms with Gasteiger partial charge in [-0.3, -0.25) is 18.7 Å². The summed E-state index contributed by atoms with van der Waals surface area (Å²) in [5.74, 6) is -1.79. The number of nitrogens with zero attached hydrogens (tertiary/aromatic N) is 3. The third-order valence-corrected chi connectivity index (χ3v) is 6.10. The second kappa shape index (κ2) is 8.68. The highest BCUT2D eigenvalue weighted by Gasteiger charge is 2.23. The second-order valence-corrected chi connectivity index (χ2v) is 7.95. The average molecular weight is 442 g/mol. The monoisotopic (exact) mass is 442 g/mol. The summed E-state index contributed by atoms with van der Waals surface area (Å²) in [6.45, 7) is 3.06. The normalized spacial score (nSPS) is 10.8. The van der Waals surface area contributed by atoms with Crippen LogP contribution in [0.2, 0.25) is 0 Å². The Bertz CT molecular complexity index is 1280. The van der Waals surface area contributed by atoms with Crippen molar-refractivity contribution in [1.82, 2.24) is 14.1 Å². The molecule has 3 aromatic rings. The number of ether oxygens (including phenoxy) is 1. The highest BCUT2D eigenvalue weighted by Crippen LogP contribution is 2.28. The fourth-order valence-electron chi connectivity index (χ4n) is 2.98. The lowest BCUT2D eigenvalue weighted by atomic mass is 10.1. The molecule has 0 unspecified atom stereocenters. The van der Waals surface area contributed by atoms with Crippen LogP contribution in [0.5, 0.6) is 0 Å². The molecule has 0 atom stereocenters. The van der Waals surface area contributed by atoms with Gasteiger partial charge in [-0.2, -0.15) is 0 Å². The fraction of sp³-hybridized carbons (Fsp3) is 0.286. The number of nitrogen functional groups attached to an aromatic ring is 1. The van der Waals surface area contributed by atoms with Crippen molar-refractivity contribution in [3.63, 3.8) is 0 Å². The van der Waals surface area contributed by atoms with Crippen molar-refractivity contribution in [3.8, 4) is 10.6 Å². The molecule has 31 heavy (non-hydrogen) atoms. The van der Waals surface area contributed by atoms with E-state index in [1.807, 2.05) is 24.3 Å². The number of carbonyl (C=O) groups excluding carboxylic acids is 2. The van der Waals surface area contributed by atoms with E-state index < -0.39 is 35.2 Å². The van der Waals surface area contributed by atoms with Crippen molar-refractivity contribution in [3.05, 3.63) is 66.8 Å². The quantitative estimate of drug-likeness (QED) is 0.455. The number of aryl methyl sites for hydroxylation is 2. The van der Waals surface area contributed by atoms with Crippen LogP contribution in [-0.2, 0) is 25.3 Å². The maximum Gasteiger partial charge on any atom is 0.350 e. The van der Waals surface area contributed by atoms with Crippen molar-refractivity contribution in [1.29, 1.82) is 0 Å². The number of thiazole rings is 1. The Morgan fingerprint density at radius 3 is 2.39 bits per heavy atom. The Morgan fingerprint density at radius 1 is 1.13 bits per heavy atom. The molecule has 2 N–H and O–H groups in total. The first kappa shape index (κ1) is 22.2. The lowest BCUT2D eigenvalue weighted by Crippen LogP contribution is -2.42. The predicted octanol–water partition coefficient (Wildman–Crippen LogP) is 1.70. The molecule has 10 heteroatoms. The van der Waals surface area contributed by atoms with E-state index in [2.05, 4.69) is 11.9 Å². The van der Waals surface area contributed by atoms with Gasteiger partial charge >= 0.3 is 11.7 Å². The lowest BCUT2D eigenvalue weighted by Gasteiger charge is -2.10. The molecule has 3 rings (SSSR count). The number of esters is 1. The van der Waals surface area contributed by atoms with Gasteiger partial charge in [0, 0.05) is 19.7 Å². The standard InChI is InChI=1S/C21H22N4O5S/c1-5-12-6-8-13(9-7-12)18-23-11(2)16(31-18)20(28)30-10-14(26)15-17(22)24(3)21(29)25(4)19(15)27/h6-9H,5,10,22H2,1-4H3. The number of anilines is 1. The van der Waals surface area contributed by atoms with E-state index in [9.17, 15) is 19.2 Å². The van der Waals surface area contributed by atoms with E-state index in [0.29, 0.717) is 10.7 Å². The molecule has 0 fully saturated rings. The molecule has 1 aromatic carbocycles. The van der Waals surface area contributed by atoms with Crippen molar-refractivity contribution >= 4 is 28.9 Å². The lowest BCUT2D eigenvalue weighted by molar-refractivity contribution is 0.0478. The molecule has 0 aliphatic rings. The first-order valence-corrected chi connectivity index (χ1v) is 10.3. The number of nitrogens with two attached hydrogens (primary N) is 1. The second-order valence-electron chi connectivity index (χ2n) is 6.95. The summed E-state index contributed by atoms with van der Waals surface area (Å²) in [4.78, 5) is 53.9. The first-order valence-electron chi connectivity index (χ1n) is 9.48. The number of aromatic nitrogens is 3. The number of hydrogen-bond donors (Lipinski definition) is 1. The molecule has 9 nitrogen and oxygen atoms in total. The van der Waals surface area contributed by atoms with Crippen LogP contribution in [-0.4, -0.2) is 32.5 Å². The number of rotatable bonds is 6. The summed E-state index contributed by atoms with van der Waals surface area (Å²) in [6, 6.07) is 7.88. The minimum absolute atomic E-state index is 0.267. The highest BCUT2D eigenvalue weighted by atomic mass is 32.1. The summed E-state index contributed by atoms with van der Waals surface area (Å²) in [7, 11) is 2.58. The van der Waals surface area contributed by atoms with Gasteiger partial charge in [0.1, 0.15) is 21.3 Å². The van der Waals surface area contributed by atoms with Gasteiger partial charge < -0.3 is 10.5 Å². The molecule has 0 radical (unpaired) electrons. The molecular weight excluding hydrogens is 420 g/mol. The van der Waals surface area contributed by atoms with Gasteiger partial charge in [0.05, 0.1) is 5.69 Å². The third kappa shape index (κ3) is 4.19. The molecule has 0 aliphatic carbocycles. The van der Waals surface area contributed by atoms with Crippen molar-refractivity contribution < 1.29 is 14.3 Å². The summed E-state index contributed by atoms with van der Waals surface area (Å²) in [5, 5.41) is 0.662. The largest absolute Gasteiger partial charge is 0.453 e. The van der Waals surface area contributed by atoms with Crippen LogP contribution >= 0.6 is 11.3 Å². The van der Waals surface area contributed by atoms with E-state index in [4.69, 9.17) is 10.5 Å². The van der Waals surface area contributed by atoms with Gasteiger partial charge in [-0.25, -0.2) is 14.6 Å². The van der Waals surface area contributed by atoms with Crippen LogP contribution < -0.4 is 17.0 Å². The maximum atomic E-state index is 12.5. The molecule has 0 saturated carbocycles. The molecular formula is C21H22N4O5S. The zero-order valence-electron chi connectivity index (χ0n) is 17.6. The van der Waals surface area contributed by atoms with E-state index in [1.165, 1.54) is 19.7 Å². The molecule has 2 aromatic heterocycles. The Hall–Kier alpha value is -3.53. The van der Waals surface area contributed by atoms with Crippen LogP contribution in [0.1, 0.15) is 38.2 Å². The van der Waals surface area contributed by atoms with E-state index in [0.717, 1.165) is 32.5 Å². The van der Waals surface area contributed by atoms with Gasteiger partial charge in [0.2, 0.25) is 5.78 Å². The SMILES string of the molecule is CCc1ccc(-c2nc(C)c(C(=O)OCC(=O)c3c(N)n(C)c(=O)n(C)c3=O)s2)cc1. The van der Waals surface area contributed by atoms with E-state index in [1.54, 1.807) is 6.92 Å². The molecule has 0 spiro atoms. The van der Waals surface area contributed by atoms with Crippen molar-refractivity contribution in [2.75, 3.05) is 12.3 Å². The van der Waals surface area contributed by atoms with Crippen LogP contribution in [0.15, 0.2) is 33.9 Å². The van der Waals surface area contributed by atoms with Crippen LogP contribution in [0, 0.1) is 6.92 Å². The Balaban J connectivity index is 1.79. The summed E-state index contributed by atoms with van der Waals surface area (Å²) >= 11 is 1.16. The van der Waals surface area contributed by atoms with Crippen LogP contribution in [0.3, 0.4) is 0 Å². The number of ketones is 1. The maximum absolute atomic E-state index is 12.5. The summed E-state index contributed by atoms with van der Waals surface area (Å²) in [5.41, 5.74) is 6.43. The molecule has 0 amide bonds. The third-order valence-electron chi connectivity index (χ3n) is 4.91. The average Bonchev–Trinajstić information content (AvgIpc) is 3.16. The molecule has 2 heterocycles. The molecule has 0 saturated heterocycles. The van der Waals surface area contributed by atoms with Crippen molar-refractivity contribution in [2.45, 2.75) is 20.3 Å². The zero-order chi connectivity index (χ0) is 22.9. The smallest absolute Gasteiger partial charge is 0.350 e. The fourth-order valence-corrected chi connectivity index (χ4v) is 3.95. The minimum atomic E-state index is -0.839. The van der Waals surface area contributed by atoms with Gasteiger partial charge in [-0.05, 0) is 18.9 Å². The molecule has 0 aliphatic heterocycles. The molecule has 162 valence electrons. The summed E-state index contributed by atoms with van der Waals surface area (Å²) in [6.07, 6.45) is 0.923. The Kier molecular flexibility index (Phi) is 6.21. The Morgan fingerprint density at radius 2 is 1.77 bits per heavy atom. The van der Waals surface area contributed by atoms with Gasteiger partial charge in [0.15, 0.2) is 6.61 Å². The van der Waals surface area contributed by atoms with Crippen molar-refractivity contribution in [2.24, 2.45) is 14.1 Å². The minimum Gasteiger partial charge on any atom is -0.453 e.